The van der Waals surface area contributed by atoms with E-state index in [1.807, 2.05) is 17.0 Å². The molecular weight excluding hydrogens is 454 g/mol. The van der Waals surface area contributed by atoms with Gasteiger partial charge in [-0.1, -0.05) is 0 Å². The molecule has 0 spiro atoms. The SMILES string of the molecule is COc1ccc(-c2cnc3nc(N)nc(N4CCN(C(=O)[C@@H](N)CC(N)=O)CC4)c3n2)cc1OC. The Morgan fingerprint density at radius 1 is 1.06 bits per heavy atom. The maximum Gasteiger partial charge on any atom is 0.240 e. The van der Waals surface area contributed by atoms with Crippen LogP contribution in [0.5, 0.6) is 11.5 Å². The number of nitrogens with zero attached hydrogens (tertiary/aromatic N) is 6. The topological polar surface area (TPSA) is 189 Å². The molecule has 0 radical (unpaired) electrons. The zero-order valence-electron chi connectivity index (χ0n) is 19.5. The van der Waals surface area contributed by atoms with Gasteiger partial charge in [0.25, 0.3) is 0 Å². The minimum Gasteiger partial charge on any atom is -0.493 e. The van der Waals surface area contributed by atoms with Gasteiger partial charge in [-0.3, -0.25) is 9.59 Å². The van der Waals surface area contributed by atoms with E-state index >= 15 is 0 Å². The Hall–Kier alpha value is -4.26. The van der Waals surface area contributed by atoms with E-state index in [-0.39, 0.29) is 18.3 Å². The molecule has 13 nitrogen and oxygen atoms in total. The molecule has 2 amide bonds. The predicted octanol–water partition coefficient (Wildman–Crippen LogP) is -0.462. The van der Waals surface area contributed by atoms with Gasteiger partial charge in [0, 0.05) is 31.7 Å². The lowest BCUT2D eigenvalue weighted by Gasteiger charge is -2.36. The molecule has 2 aromatic heterocycles. The second kappa shape index (κ2) is 9.93. The van der Waals surface area contributed by atoms with Crippen molar-refractivity contribution in [3.05, 3.63) is 24.4 Å². The molecule has 1 fully saturated rings. The fourth-order valence-electron chi connectivity index (χ4n) is 3.94. The Morgan fingerprint density at radius 2 is 1.77 bits per heavy atom. The molecule has 35 heavy (non-hydrogen) atoms. The fourth-order valence-corrected chi connectivity index (χ4v) is 3.94. The Balaban J connectivity index is 1.61. The molecule has 1 aromatic carbocycles. The van der Waals surface area contributed by atoms with Gasteiger partial charge in [-0.2, -0.15) is 9.97 Å². The number of amides is 2. The molecule has 184 valence electrons. The lowest BCUT2D eigenvalue weighted by Crippen LogP contribution is -2.54. The largest absolute Gasteiger partial charge is 0.493 e. The highest BCUT2D eigenvalue weighted by molar-refractivity contribution is 5.88. The lowest BCUT2D eigenvalue weighted by molar-refractivity contribution is -0.134. The molecular formula is C22H27N9O4. The van der Waals surface area contributed by atoms with Crippen LogP contribution in [0.2, 0.25) is 0 Å². The molecule has 0 saturated carbocycles. The van der Waals surface area contributed by atoms with Gasteiger partial charge in [0.05, 0.1) is 38.6 Å². The predicted molar refractivity (Wildman–Crippen MR) is 129 cm³/mol. The monoisotopic (exact) mass is 481 g/mol. The van der Waals surface area contributed by atoms with Gasteiger partial charge < -0.3 is 36.5 Å². The van der Waals surface area contributed by atoms with Crippen LogP contribution in [0.3, 0.4) is 0 Å². The van der Waals surface area contributed by atoms with Crippen LogP contribution in [-0.4, -0.2) is 83.1 Å². The van der Waals surface area contributed by atoms with Crippen LogP contribution in [0.15, 0.2) is 24.4 Å². The molecule has 0 bridgehead atoms. The van der Waals surface area contributed by atoms with Gasteiger partial charge in [0.1, 0.15) is 0 Å². The van der Waals surface area contributed by atoms with Crippen molar-refractivity contribution in [3.8, 4) is 22.8 Å². The van der Waals surface area contributed by atoms with Crippen molar-refractivity contribution < 1.29 is 19.1 Å². The Morgan fingerprint density at radius 3 is 2.43 bits per heavy atom. The number of fused-ring (bicyclic) bond motifs is 1. The van der Waals surface area contributed by atoms with Gasteiger partial charge in [0.15, 0.2) is 28.5 Å². The molecule has 3 heterocycles. The molecule has 1 saturated heterocycles. The Kier molecular flexibility index (Phi) is 6.78. The van der Waals surface area contributed by atoms with Crippen molar-refractivity contribution in [1.29, 1.82) is 0 Å². The fraction of sp³-hybridized carbons (Fsp3) is 0.364. The zero-order chi connectivity index (χ0) is 25.1. The minimum absolute atomic E-state index is 0.0719. The zero-order valence-corrected chi connectivity index (χ0v) is 19.5. The number of methoxy groups -OCH3 is 2. The second-order valence-electron chi connectivity index (χ2n) is 7.99. The van der Waals surface area contributed by atoms with Crippen LogP contribution >= 0.6 is 0 Å². The number of primary amides is 1. The lowest BCUT2D eigenvalue weighted by atomic mass is 10.1. The van der Waals surface area contributed by atoms with E-state index in [1.54, 1.807) is 31.4 Å². The van der Waals surface area contributed by atoms with E-state index in [1.165, 1.54) is 0 Å². The smallest absolute Gasteiger partial charge is 0.240 e. The first kappa shape index (κ1) is 23.9. The standard InChI is InChI=1S/C22H27N9O4/c1-34-15-4-3-12(9-16(15)35-2)14-11-26-19-18(27-14)20(29-22(25)28-19)30-5-7-31(8-6-30)21(33)13(23)10-17(24)32/h3-4,9,11,13H,5-8,10,23H2,1-2H3,(H2,24,32)(H2,25,26,28,29)/t13-/m0/s1. The van der Waals surface area contributed by atoms with Gasteiger partial charge in [0.2, 0.25) is 17.8 Å². The van der Waals surface area contributed by atoms with E-state index < -0.39 is 11.9 Å². The first-order valence-corrected chi connectivity index (χ1v) is 10.9. The molecule has 13 heteroatoms. The number of ether oxygens (including phenoxy) is 2. The highest BCUT2D eigenvalue weighted by atomic mass is 16.5. The number of carbonyl (C=O) groups excluding carboxylic acids is 2. The summed E-state index contributed by atoms with van der Waals surface area (Å²) in [7, 11) is 3.13. The van der Waals surface area contributed by atoms with Gasteiger partial charge in [-0.25, -0.2) is 9.97 Å². The van der Waals surface area contributed by atoms with Crippen molar-refractivity contribution in [3.63, 3.8) is 0 Å². The molecule has 3 aromatic rings. The van der Waals surface area contributed by atoms with Crippen LogP contribution in [0, 0.1) is 0 Å². The Bertz CT molecular complexity index is 1260. The number of nitrogen functional groups attached to an aromatic ring is 1. The van der Waals surface area contributed by atoms with Crippen LogP contribution in [0.1, 0.15) is 6.42 Å². The maximum absolute atomic E-state index is 12.5. The van der Waals surface area contributed by atoms with Crippen molar-refractivity contribution in [2.75, 3.05) is 51.0 Å². The molecule has 1 atom stereocenters. The van der Waals surface area contributed by atoms with E-state index in [2.05, 4.69) is 15.0 Å². The normalized spacial score (nSPS) is 14.6. The van der Waals surface area contributed by atoms with Crippen LogP contribution in [-0.2, 0) is 9.59 Å². The molecule has 1 aliphatic rings. The van der Waals surface area contributed by atoms with Crippen molar-refractivity contribution in [2.45, 2.75) is 12.5 Å². The number of anilines is 2. The number of piperazine rings is 1. The molecule has 0 unspecified atom stereocenters. The van der Waals surface area contributed by atoms with Crippen molar-refractivity contribution in [2.24, 2.45) is 11.5 Å². The number of rotatable bonds is 7. The number of benzene rings is 1. The van der Waals surface area contributed by atoms with E-state index in [0.29, 0.717) is 60.4 Å². The van der Waals surface area contributed by atoms with Gasteiger partial charge >= 0.3 is 0 Å². The molecule has 0 aliphatic carbocycles. The highest BCUT2D eigenvalue weighted by Gasteiger charge is 2.28. The van der Waals surface area contributed by atoms with Crippen LogP contribution in [0.4, 0.5) is 11.8 Å². The summed E-state index contributed by atoms with van der Waals surface area (Å²) < 4.78 is 10.7. The summed E-state index contributed by atoms with van der Waals surface area (Å²) in [5, 5.41) is 0. The quantitative estimate of drug-likeness (QED) is 0.396. The summed E-state index contributed by atoms with van der Waals surface area (Å²) in [6, 6.07) is 4.50. The summed E-state index contributed by atoms with van der Waals surface area (Å²) in [5.74, 6) is 0.835. The van der Waals surface area contributed by atoms with Crippen LogP contribution < -0.4 is 31.6 Å². The third-order valence-electron chi connectivity index (χ3n) is 5.71. The van der Waals surface area contributed by atoms with E-state index in [4.69, 9.17) is 31.7 Å². The highest BCUT2D eigenvalue weighted by Crippen LogP contribution is 2.32. The maximum atomic E-state index is 12.5. The summed E-state index contributed by atoms with van der Waals surface area (Å²) >= 11 is 0. The van der Waals surface area contributed by atoms with Gasteiger partial charge in [-0.05, 0) is 18.2 Å². The molecule has 4 rings (SSSR count). The second-order valence-corrected chi connectivity index (χ2v) is 7.99. The number of carbonyl (C=O) groups is 2. The van der Waals surface area contributed by atoms with E-state index in [9.17, 15) is 9.59 Å². The first-order valence-electron chi connectivity index (χ1n) is 10.9. The molecule has 1 aliphatic heterocycles. The number of aromatic nitrogens is 4. The van der Waals surface area contributed by atoms with Crippen molar-refractivity contribution in [1.82, 2.24) is 24.8 Å². The average molecular weight is 482 g/mol. The average Bonchev–Trinajstić information content (AvgIpc) is 2.86. The third-order valence-corrected chi connectivity index (χ3v) is 5.71. The summed E-state index contributed by atoms with van der Waals surface area (Å²) in [4.78, 5) is 45.1. The van der Waals surface area contributed by atoms with Crippen LogP contribution in [0.25, 0.3) is 22.4 Å². The summed E-state index contributed by atoms with van der Waals surface area (Å²) in [5.41, 5.74) is 19.1. The minimum atomic E-state index is -0.954. The number of hydrogen-bond acceptors (Lipinski definition) is 11. The van der Waals surface area contributed by atoms with Gasteiger partial charge in [-0.15, -0.1) is 0 Å². The number of hydrogen-bond donors (Lipinski definition) is 3. The van der Waals surface area contributed by atoms with E-state index in [0.717, 1.165) is 5.56 Å². The summed E-state index contributed by atoms with van der Waals surface area (Å²) in [6.07, 6.45) is 1.41. The first-order chi connectivity index (χ1) is 16.8. The molecule has 6 N–H and O–H groups in total. The summed E-state index contributed by atoms with van der Waals surface area (Å²) in [6.45, 7) is 1.70. The number of nitrogens with two attached hydrogens (primary N) is 3. The Labute approximate surface area is 201 Å². The third kappa shape index (κ3) is 4.99. The van der Waals surface area contributed by atoms with Crippen molar-refractivity contribution >= 4 is 34.7 Å².